The molecule has 0 amide bonds. The highest BCUT2D eigenvalue weighted by Crippen LogP contribution is 2.42. The summed E-state index contributed by atoms with van der Waals surface area (Å²) in [5.74, 6) is 4.15. The van der Waals surface area contributed by atoms with Crippen LogP contribution in [-0.4, -0.2) is 5.97 Å². The van der Waals surface area contributed by atoms with Crippen LogP contribution in [0.2, 0.25) is 0 Å². The summed E-state index contributed by atoms with van der Waals surface area (Å²) in [7, 11) is 0. The van der Waals surface area contributed by atoms with E-state index in [1.807, 2.05) is 37.3 Å². The highest BCUT2D eigenvalue weighted by atomic mass is 16.4. The molecule has 1 aromatic carbocycles. The van der Waals surface area contributed by atoms with Crippen molar-refractivity contribution in [3.05, 3.63) is 41.5 Å². The van der Waals surface area contributed by atoms with Crippen LogP contribution in [-0.2, 0) is 4.79 Å². The maximum absolute atomic E-state index is 11.4. The first kappa shape index (κ1) is 11.5. The lowest BCUT2D eigenvalue weighted by molar-refractivity contribution is -0.314. The van der Waals surface area contributed by atoms with E-state index in [-0.39, 0.29) is 5.92 Å². The number of hydrogen-bond acceptors (Lipinski definition) is 2. The summed E-state index contributed by atoms with van der Waals surface area (Å²) < 4.78 is 0. The summed E-state index contributed by atoms with van der Waals surface area (Å²) in [5.41, 5.74) is 0.847. The topological polar surface area (TPSA) is 40.1 Å². The Morgan fingerprint density at radius 2 is 2.12 bits per heavy atom. The molecule has 1 aromatic rings. The number of carboxylic acids is 1. The van der Waals surface area contributed by atoms with Gasteiger partial charge in [0, 0.05) is 5.92 Å². The largest absolute Gasteiger partial charge is 0.548 e. The van der Waals surface area contributed by atoms with Crippen LogP contribution in [0.4, 0.5) is 0 Å². The second-order valence-corrected chi connectivity index (χ2v) is 4.22. The van der Waals surface area contributed by atoms with Crippen LogP contribution in [0.3, 0.4) is 0 Å². The molecule has 2 nitrogen and oxygen atoms in total. The van der Waals surface area contributed by atoms with Crippen LogP contribution < -0.4 is 5.11 Å². The van der Waals surface area contributed by atoms with E-state index in [1.54, 1.807) is 13.0 Å². The Hall–Kier alpha value is -2.01. The predicted octanol–water partition coefficient (Wildman–Crippen LogP) is 1.58. The Labute approximate surface area is 101 Å². The molecule has 0 saturated heterocycles. The molecule has 0 aliphatic heterocycles. The average Bonchev–Trinajstić information content (AvgIpc) is 2.33. The summed E-state index contributed by atoms with van der Waals surface area (Å²) in [4.78, 5) is 11.4. The van der Waals surface area contributed by atoms with Crippen molar-refractivity contribution < 1.29 is 9.90 Å². The van der Waals surface area contributed by atoms with Gasteiger partial charge in [-0.1, -0.05) is 49.3 Å². The number of carboxylic acid groups (broad SMARTS) is 1. The molecule has 0 fully saturated rings. The summed E-state index contributed by atoms with van der Waals surface area (Å²) in [6.07, 6.45) is 3.46. The van der Waals surface area contributed by atoms with Gasteiger partial charge in [0.25, 0.3) is 0 Å². The standard InChI is InChI=1S/C15H14O2/c1-3-9-15(14(16)17)10-8-12-6-4-5-7-13(12)11(15)2/h4-8,10-11H,1-2H3,(H,16,17)/p-1. The number of hydrogen-bond donors (Lipinski definition) is 0. The van der Waals surface area contributed by atoms with Crippen molar-refractivity contribution in [1.29, 1.82) is 0 Å². The quantitative estimate of drug-likeness (QED) is 0.681. The van der Waals surface area contributed by atoms with Crippen LogP contribution in [0, 0.1) is 17.3 Å². The van der Waals surface area contributed by atoms with E-state index in [4.69, 9.17) is 0 Å². The molecular weight excluding hydrogens is 212 g/mol. The highest BCUT2D eigenvalue weighted by Gasteiger charge is 2.37. The third-order valence-electron chi connectivity index (χ3n) is 3.34. The van der Waals surface area contributed by atoms with Crippen LogP contribution in [0.25, 0.3) is 6.08 Å². The highest BCUT2D eigenvalue weighted by molar-refractivity contribution is 5.84. The fourth-order valence-corrected chi connectivity index (χ4v) is 2.32. The van der Waals surface area contributed by atoms with Gasteiger partial charge in [0.05, 0.1) is 11.4 Å². The van der Waals surface area contributed by atoms with E-state index in [2.05, 4.69) is 11.8 Å². The fraction of sp³-hybridized carbons (Fsp3) is 0.267. The van der Waals surface area contributed by atoms with Gasteiger partial charge in [0.1, 0.15) is 0 Å². The predicted molar refractivity (Wildman–Crippen MR) is 64.8 cm³/mol. The molecule has 0 aromatic heterocycles. The number of carbonyl (C=O) groups excluding carboxylic acids is 1. The molecule has 2 atom stereocenters. The first-order valence-corrected chi connectivity index (χ1v) is 5.55. The number of carbonyl (C=O) groups is 1. The van der Waals surface area contributed by atoms with Gasteiger partial charge in [0.15, 0.2) is 0 Å². The Bertz CT molecular complexity index is 546. The van der Waals surface area contributed by atoms with Crippen molar-refractivity contribution in [2.75, 3.05) is 0 Å². The van der Waals surface area contributed by atoms with Gasteiger partial charge in [-0.15, -0.1) is 5.92 Å². The van der Waals surface area contributed by atoms with Crippen molar-refractivity contribution in [2.24, 2.45) is 5.41 Å². The second kappa shape index (κ2) is 4.10. The number of rotatable bonds is 1. The zero-order valence-electron chi connectivity index (χ0n) is 9.86. The molecule has 0 radical (unpaired) electrons. The molecule has 1 aliphatic carbocycles. The molecule has 2 rings (SSSR count). The van der Waals surface area contributed by atoms with Gasteiger partial charge in [0.2, 0.25) is 0 Å². The number of benzene rings is 1. The molecular formula is C15H13O2-. The van der Waals surface area contributed by atoms with Crippen molar-refractivity contribution in [3.8, 4) is 11.8 Å². The smallest absolute Gasteiger partial charge is 0.0955 e. The van der Waals surface area contributed by atoms with E-state index in [0.717, 1.165) is 11.1 Å². The lowest BCUT2D eigenvalue weighted by atomic mass is 9.69. The monoisotopic (exact) mass is 225 g/mol. The van der Waals surface area contributed by atoms with E-state index >= 15 is 0 Å². The molecule has 86 valence electrons. The fourth-order valence-electron chi connectivity index (χ4n) is 2.32. The zero-order valence-corrected chi connectivity index (χ0v) is 9.86. The third-order valence-corrected chi connectivity index (χ3v) is 3.34. The molecule has 1 aliphatic rings. The second-order valence-electron chi connectivity index (χ2n) is 4.22. The van der Waals surface area contributed by atoms with Gasteiger partial charge < -0.3 is 9.90 Å². The first-order chi connectivity index (χ1) is 8.12. The lowest BCUT2D eigenvalue weighted by Crippen LogP contribution is -2.44. The van der Waals surface area contributed by atoms with Crippen molar-refractivity contribution in [3.63, 3.8) is 0 Å². The molecule has 0 N–H and O–H groups in total. The minimum atomic E-state index is -1.21. The molecule has 0 saturated carbocycles. The normalized spacial score (nSPS) is 25.6. The van der Waals surface area contributed by atoms with E-state index in [1.165, 1.54) is 0 Å². The van der Waals surface area contributed by atoms with Gasteiger partial charge in [-0.2, -0.15) is 0 Å². The summed E-state index contributed by atoms with van der Waals surface area (Å²) in [5, 5.41) is 11.4. The summed E-state index contributed by atoms with van der Waals surface area (Å²) in [6, 6.07) is 7.76. The minimum absolute atomic E-state index is 0.207. The van der Waals surface area contributed by atoms with Gasteiger partial charge in [-0.25, -0.2) is 0 Å². The Morgan fingerprint density at radius 1 is 1.41 bits per heavy atom. The Balaban J connectivity index is 2.62. The number of fused-ring (bicyclic) bond motifs is 1. The summed E-state index contributed by atoms with van der Waals surface area (Å²) >= 11 is 0. The van der Waals surface area contributed by atoms with Crippen LogP contribution >= 0.6 is 0 Å². The SMILES string of the molecule is CC#CC1(C(=O)[O-])C=Cc2ccccc2C1C. The van der Waals surface area contributed by atoms with Crippen molar-refractivity contribution in [2.45, 2.75) is 19.8 Å². The van der Waals surface area contributed by atoms with Gasteiger partial charge in [-0.3, -0.25) is 0 Å². The van der Waals surface area contributed by atoms with E-state index in [9.17, 15) is 9.90 Å². The molecule has 2 unspecified atom stereocenters. The van der Waals surface area contributed by atoms with Gasteiger partial charge in [-0.05, 0) is 18.1 Å². The number of aliphatic carboxylic acids is 1. The molecule has 17 heavy (non-hydrogen) atoms. The van der Waals surface area contributed by atoms with Gasteiger partial charge >= 0.3 is 0 Å². The molecule has 0 heterocycles. The van der Waals surface area contributed by atoms with E-state index < -0.39 is 11.4 Å². The van der Waals surface area contributed by atoms with Crippen LogP contribution in [0.5, 0.6) is 0 Å². The molecule has 0 spiro atoms. The zero-order chi connectivity index (χ0) is 12.5. The Kier molecular flexibility index (Phi) is 2.77. The van der Waals surface area contributed by atoms with Crippen LogP contribution in [0.1, 0.15) is 30.9 Å². The maximum Gasteiger partial charge on any atom is 0.0955 e. The lowest BCUT2D eigenvalue weighted by Gasteiger charge is -2.36. The maximum atomic E-state index is 11.4. The van der Waals surface area contributed by atoms with Crippen LogP contribution in [0.15, 0.2) is 30.3 Å². The third kappa shape index (κ3) is 1.64. The molecule has 0 bridgehead atoms. The summed E-state index contributed by atoms with van der Waals surface area (Å²) in [6.45, 7) is 3.52. The first-order valence-electron chi connectivity index (χ1n) is 5.55. The molecule has 2 heteroatoms. The van der Waals surface area contributed by atoms with Crippen molar-refractivity contribution >= 4 is 12.0 Å². The minimum Gasteiger partial charge on any atom is -0.548 e. The van der Waals surface area contributed by atoms with Crippen molar-refractivity contribution in [1.82, 2.24) is 0 Å². The average molecular weight is 225 g/mol. The Morgan fingerprint density at radius 3 is 2.76 bits per heavy atom. The van der Waals surface area contributed by atoms with E-state index in [0.29, 0.717) is 0 Å².